The number of aromatic nitrogens is 2. The Morgan fingerprint density at radius 2 is 1.97 bits per heavy atom. The van der Waals surface area contributed by atoms with Gasteiger partial charge in [0.15, 0.2) is 5.82 Å². The Bertz CT molecular complexity index is 1050. The number of ether oxygens (including phenoxy) is 1. The lowest BCUT2D eigenvalue weighted by Crippen LogP contribution is -2.08. The van der Waals surface area contributed by atoms with Crippen LogP contribution in [0.3, 0.4) is 0 Å². The lowest BCUT2D eigenvalue weighted by atomic mass is 10.2. The van der Waals surface area contributed by atoms with Crippen LogP contribution >= 0.6 is 11.6 Å². The van der Waals surface area contributed by atoms with Crippen molar-refractivity contribution in [3.63, 3.8) is 0 Å². The van der Waals surface area contributed by atoms with Crippen molar-refractivity contribution >= 4 is 46.3 Å². The number of aryl methyl sites for hydroxylation is 1. The lowest BCUT2D eigenvalue weighted by molar-refractivity contribution is -0.111. The highest BCUT2D eigenvalue weighted by Crippen LogP contribution is 2.31. The van der Waals surface area contributed by atoms with E-state index in [0.29, 0.717) is 33.9 Å². The van der Waals surface area contributed by atoms with Gasteiger partial charge in [-0.3, -0.25) is 4.79 Å². The molecular weight excluding hydrogens is 390 g/mol. The first kappa shape index (κ1) is 20.2. The summed E-state index contributed by atoms with van der Waals surface area (Å²) in [5.74, 6) is 1.03. The summed E-state index contributed by atoms with van der Waals surface area (Å²) in [5, 5.41) is 9.41. The Morgan fingerprint density at radius 1 is 1.17 bits per heavy atom. The van der Waals surface area contributed by atoms with Crippen molar-refractivity contribution in [3.05, 3.63) is 71.9 Å². The van der Waals surface area contributed by atoms with Crippen LogP contribution in [-0.4, -0.2) is 23.0 Å². The molecule has 1 amide bonds. The average Bonchev–Trinajstić information content (AvgIpc) is 2.72. The fourth-order valence-electron chi connectivity index (χ4n) is 2.55. The maximum atomic E-state index is 11.6. The minimum atomic E-state index is -0.312. The van der Waals surface area contributed by atoms with Crippen LogP contribution < -0.4 is 20.7 Å². The van der Waals surface area contributed by atoms with E-state index in [0.717, 1.165) is 11.3 Å². The van der Waals surface area contributed by atoms with E-state index in [9.17, 15) is 4.79 Å². The molecule has 3 N–H and O–H groups in total. The molecule has 1 aromatic heterocycles. The van der Waals surface area contributed by atoms with Gasteiger partial charge in [0.25, 0.3) is 0 Å². The highest BCUT2D eigenvalue weighted by Gasteiger charge is 2.11. The molecule has 148 valence electrons. The fourth-order valence-corrected chi connectivity index (χ4v) is 2.69. The van der Waals surface area contributed by atoms with Crippen LogP contribution in [0.4, 0.5) is 28.8 Å². The van der Waals surface area contributed by atoms with Crippen LogP contribution in [0.1, 0.15) is 5.56 Å². The monoisotopic (exact) mass is 409 g/mol. The van der Waals surface area contributed by atoms with E-state index >= 15 is 0 Å². The zero-order valence-electron chi connectivity index (χ0n) is 16.0. The minimum Gasteiger partial charge on any atom is -0.495 e. The molecule has 0 saturated carbocycles. The number of nitrogens with zero attached hydrogens (tertiary/aromatic N) is 2. The van der Waals surface area contributed by atoms with Crippen molar-refractivity contribution in [2.75, 3.05) is 23.1 Å². The number of carbonyl (C=O) groups is 1. The van der Waals surface area contributed by atoms with Crippen LogP contribution in [0.5, 0.6) is 5.75 Å². The standard InChI is InChI=1S/C21H20ClN5O2/c1-4-19(28)24-14-9-10-18(29-3)17(11-14)26-21-23-12-15(22)20(27-21)25-16-8-6-5-7-13(16)2/h4-12H,1H2,2-3H3,(H,24,28)(H2,23,25,26,27). The van der Waals surface area contributed by atoms with Crippen LogP contribution in [0.25, 0.3) is 0 Å². The molecule has 0 aliphatic rings. The molecule has 29 heavy (non-hydrogen) atoms. The molecule has 2 aromatic carbocycles. The van der Waals surface area contributed by atoms with Gasteiger partial charge >= 0.3 is 0 Å². The van der Waals surface area contributed by atoms with Gasteiger partial charge in [-0.25, -0.2) is 4.98 Å². The fraction of sp³-hybridized carbons (Fsp3) is 0.0952. The third kappa shape index (κ3) is 5.03. The number of rotatable bonds is 7. The summed E-state index contributed by atoms with van der Waals surface area (Å²) >= 11 is 6.26. The SMILES string of the molecule is C=CC(=O)Nc1ccc(OC)c(Nc2ncc(Cl)c(Nc3ccccc3C)n2)c1. The van der Waals surface area contributed by atoms with Crippen molar-refractivity contribution in [3.8, 4) is 5.75 Å². The molecule has 0 atom stereocenters. The van der Waals surface area contributed by atoms with E-state index in [-0.39, 0.29) is 5.91 Å². The molecule has 0 bridgehead atoms. The van der Waals surface area contributed by atoms with E-state index in [4.69, 9.17) is 16.3 Å². The molecule has 0 saturated heterocycles. The number of amides is 1. The van der Waals surface area contributed by atoms with E-state index in [1.807, 2.05) is 31.2 Å². The molecule has 0 fully saturated rings. The van der Waals surface area contributed by atoms with Gasteiger partial charge < -0.3 is 20.7 Å². The summed E-state index contributed by atoms with van der Waals surface area (Å²) in [6.45, 7) is 5.44. The van der Waals surface area contributed by atoms with Gasteiger partial charge in [-0.15, -0.1) is 0 Å². The largest absolute Gasteiger partial charge is 0.495 e. The predicted octanol–water partition coefficient (Wildman–Crippen LogP) is 5.06. The Balaban J connectivity index is 1.88. The number of carbonyl (C=O) groups excluding carboxylic acids is 1. The van der Waals surface area contributed by atoms with E-state index < -0.39 is 0 Å². The Kier molecular flexibility index (Phi) is 6.31. The smallest absolute Gasteiger partial charge is 0.247 e. The second-order valence-electron chi connectivity index (χ2n) is 6.06. The Morgan fingerprint density at radius 3 is 2.69 bits per heavy atom. The summed E-state index contributed by atoms with van der Waals surface area (Å²) in [7, 11) is 1.55. The Labute approximate surface area is 173 Å². The number of hydrogen-bond donors (Lipinski definition) is 3. The molecule has 0 aliphatic heterocycles. The van der Waals surface area contributed by atoms with Crippen molar-refractivity contribution in [1.29, 1.82) is 0 Å². The number of nitrogens with one attached hydrogen (secondary N) is 3. The van der Waals surface area contributed by atoms with Gasteiger partial charge in [0.2, 0.25) is 11.9 Å². The van der Waals surface area contributed by atoms with Crippen LogP contribution in [0.15, 0.2) is 61.3 Å². The van der Waals surface area contributed by atoms with Crippen LogP contribution in [0.2, 0.25) is 5.02 Å². The highest BCUT2D eigenvalue weighted by atomic mass is 35.5. The lowest BCUT2D eigenvalue weighted by Gasteiger charge is -2.14. The van der Waals surface area contributed by atoms with Gasteiger partial charge in [0.05, 0.1) is 19.0 Å². The molecule has 8 heteroatoms. The zero-order chi connectivity index (χ0) is 20.8. The third-order valence-corrected chi connectivity index (χ3v) is 4.32. The van der Waals surface area contributed by atoms with Crippen LogP contribution in [-0.2, 0) is 4.79 Å². The molecule has 1 heterocycles. The van der Waals surface area contributed by atoms with Crippen molar-refractivity contribution < 1.29 is 9.53 Å². The van der Waals surface area contributed by atoms with Gasteiger partial charge in [-0.1, -0.05) is 36.4 Å². The van der Waals surface area contributed by atoms with Gasteiger partial charge in [-0.2, -0.15) is 4.98 Å². The number of methoxy groups -OCH3 is 1. The molecular formula is C21H20ClN5O2. The molecule has 0 spiro atoms. The van der Waals surface area contributed by atoms with E-state index in [2.05, 4.69) is 32.5 Å². The normalized spacial score (nSPS) is 10.2. The quantitative estimate of drug-likeness (QED) is 0.473. The first-order chi connectivity index (χ1) is 14.0. The summed E-state index contributed by atoms with van der Waals surface area (Å²) in [4.78, 5) is 20.2. The average molecular weight is 410 g/mol. The predicted molar refractivity (Wildman–Crippen MR) is 117 cm³/mol. The first-order valence-electron chi connectivity index (χ1n) is 8.74. The molecule has 3 rings (SSSR count). The Hall–Kier alpha value is -3.58. The van der Waals surface area contributed by atoms with Gasteiger partial charge in [0.1, 0.15) is 10.8 Å². The number of benzene rings is 2. The topological polar surface area (TPSA) is 88.2 Å². The molecule has 7 nitrogen and oxygen atoms in total. The molecule has 0 unspecified atom stereocenters. The second-order valence-corrected chi connectivity index (χ2v) is 6.47. The van der Waals surface area contributed by atoms with Crippen molar-refractivity contribution in [2.24, 2.45) is 0 Å². The maximum Gasteiger partial charge on any atom is 0.247 e. The van der Waals surface area contributed by atoms with E-state index in [1.54, 1.807) is 25.3 Å². The first-order valence-corrected chi connectivity index (χ1v) is 9.11. The summed E-state index contributed by atoms with van der Waals surface area (Å²) in [6, 6.07) is 13.0. The van der Waals surface area contributed by atoms with E-state index in [1.165, 1.54) is 12.3 Å². The maximum absolute atomic E-state index is 11.6. The van der Waals surface area contributed by atoms with Crippen molar-refractivity contribution in [1.82, 2.24) is 9.97 Å². The van der Waals surface area contributed by atoms with Gasteiger partial charge in [0, 0.05) is 11.4 Å². The van der Waals surface area contributed by atoms with Gasteiger partial charge in [-0.05, 0) is 42.8 Å². The third-order valence-electron chi connectivity index (χ3n) is 4.04. The van der Waals surface area contributed by atoms with Crippen LogP contribution in [0, 0.1) is 6.92 Å². The number of anilines is 5. The van der Waals surface area contributed by atoms with Crippen molar-refractivity contribution in [2.45, 2.75) is 6.92 Å². The number of hydrogen-bond acceptors (Lipinski definition) is 6. The number of halogens is 1. The summed E-state index contributed by atoms with van der Waals surface area (Å²) in [5.41, 5.74) is 3.11. The minimum absolute atomic E-state index is 0.312. The summed E-state index contributed by atoms with van der Waals surface area (Å²) < 4.78 is 5.38. The zero-order valence-corrected chi connectivity index (χ0v) is 16.7. The molecule has 3 aromatic rings. The molecule has 0 radical (unpaired) electrons. The molecule has 0 aliphatic carbocycles. The number of para-hydroxylation sites is 1. The highest BCUT2D eigenvalue weighted by molar-refractivity contribution is 6.32. The summed E-state index contributed by atoms with van der Waals surface area (Å²) in [6.07, 6.45) is 2.70. The second kappa shape index (κ2) is 9.07.